The molecule has 304 valence electrons. The molecule has 8 atom stereocenters. The SMILES string of the molecule is c1cc2c(s1)CCO[C@@H]2[C@@H]1CCCN1.c1cc2c(s1)CCO[C@@H]2[C@H]1CCCN1.c1cc2c(s1)CCO[C@H]2[C@@H]1CCCN1.c1cc2c(s1)CCO[C@H]2[C@H]1CCCN1. The molecule has 0 amide bonds. The summed E-state index contributed by atoms with van der Waals surface area (Å²) in [6.07, 6.45) is 16.0. The molecule has 0 spiro atoms. The topological polar surface area (TPSA) is 85.0 Å². The Bertz CT molecular complexity index is 1520. The van der Waals surface area contributed by atoms with E-state index in [1.165, 1.54) is 93.1 Å². The zero-order chi connectivity index (χ0) is 37.5. The van der Waals surface area contributed by atoms with Gasteiger partial charge < -0.3 is 40.2 Å². The van der Waals surface area contributed by atoms with Gasteiger partial charge in [0.25, 0.3) is 0 Å². The summed E-state index contributed by atoms with van der Waals surface area (Å²) in [5.74, 6) is 0. The third-order valence-corrected chi connectivity index (χ3v) is 16.7. The average Bonchev–Trinajstić information content (AvgIpc) is 4.11. The maximum atomic E-state index is 5.89. The molecule has 4 aromatic rings. The fourth-order valence-corrected chi connectivity index (χ4v) is 13.5. The molecule has 12 rings (SSSR count). The highest BCUT2D eigenvalue weighted by Crippen LogP contribution is 2.39. The highest BCUT2D eigenvalue weighted by molar-refractivity contribution is 7.10. The molecule has 4 fully saturated rings. The molecule has 8 aliphatic heterocycles. The van der Waals surface area contributed by atoms with Crippen LogP contribution >= 0.6 is 45.3 Å². The Labute approximate surface area is 349 Å². The van der Waals surface area contributed by atoms with Crippen molar-refractivity contribution in [3.63, 3.8) is 0 Å². The molecule has 12 heterocycles. The van der Waals surface area contributed by atoms with Crippen LogP contribution in [-0.4, -0.2) is 76.8 Å². The van der Waals surface area contributed by atoms with Crippen LogP contribution in [-0.2, 0) is 44.6 Å². The second-order valence-corrected chi connectivity index (χ2v) is 20.2. The van der Waals surface area contributed by atoms with Crippen LogP contribution in [0.3, 0.4) is 0 Å². The first-order valence-electron chi connectivity index (χ1n) is 21.4. The highest BCUT2D eigenvalue weighted by atomic mass is 32.1. The van der Waals surface area contributed by atoms with Gasteiger partial charge in [-0.05, 0) is 146 Å². The molecule has 8 nitrogen and oxygen atoms in total. The quantitative estimate of drug-likeness (QED) is 0.163. The summed E-state index contributed by atoms with van der Waals surface area (Å²) < 4.78 is 23.6. The second-order valence-electron chi connectivity index (χ2n) is 16.2. The molecule has 12 heteroatoms. The van der Waals surface area contributed by atoms with E-state index in [0.29, 0.717) is 48.6 Å². The molecule has 0 aliphatic carbocycles. The van der Waals surface area contributed by atoms with Gasteiger partial charge in [-0.15, -0.1) is 45.3 Å². The number of ether oxygens (including phenoxy) is 4. The molecular weight excluding hydrogens is 777 g/mol. The van der Waals surface area contributed by atoms with Crippen molar-refractivity contribution in [2.75, 3.05) is 52.6 Å². The van der Waals surface area contributed by atoms with Crippen molar-refractivity contribution in [3.8, 4) is 0 Å². The lowest BCUT2D eigenvalue weighted by Crippen LogP contribution is -2.33. The fourth-order valence-electron chi connectivity index (χ4n) is 9.91. The monoisotopic (exact) mass is 836 g/mol. The first-order chi connectivity index (χ1) is 27.8. The molecule has 8 aliphatic rings. The zero-order valence-electron chi connectivity index (χ0n) is 32.6. The van der Waals surface area contributed by atoms with Crippen LogP contribution in [0.5, 0.6) is 0 Å². The van der Waals surface area contributed by atoms with Crippen LogP contribution in [0.2, 0.25) is 0 Å². The Morgan fingerprint density at radius 2 is 0.625 bits per heavy atom. The van der Waals surface area contributed by atoms with Gasteiger partial charge in [-0.25, -0.2) is 0 Å². The number of nitrogens with one attached hydrogen (secondary N) is 4. The highest BCUT2D eigenvalue weighted by Gasteiger charge is 2.34. The van der Waals surface area contributed by atoms with Gasteiger partial charge in [0, 0.05) is 69.4 Å². The predicted octanol–water partition coefficient (Wildman–Crippen LogP) is 8.46. The van der Waals surface area contributed by atoms with Crippen LogP contribution in [0.15, 0.2) is 45.8 Å². The summed E-state index contributed by atoms with van der Waals surface area (Å²) in [5, 5.41) is 22.9. The van der Waals surface area contributed by atoms with Crippen molar-refractivity contribution in [2.24, 2.45) is 0 Å². The van der Waals surface area contributed by atoms with E-state index < -0.39 is 0 Å². The van der Waals surface area contributed by atoms with Crippen molar-refractivity contribution in [2.45, 2.75) is 126 Å². The standard InChI is InChI=1S/4C11H15NOS/c4*1-2-9(12-5-1)11-8-4-7-14-10(8)3-6-13-11/h4*4,7,9,11-12H,1-3,5-6H2/t2*9-,11+;2*9-,11-/m1010/s1. The minimum Gasteiger partial charge on any atom is -0.371 e. The van der Waals surface area contributed by atoms with E-state index >= 15 is 0 Å². The third kappa shape index (κ3) is 9.27. The lowest BCUT2D eigenvalue weighted by molar-refractivity contribution is 0.0210. The van der Waals surface area contributed by atoms with Gasteiger partial charge in [0.15, 0.2) is 0 Å². The predicted molar refractivity (Wildman–Crippen MR) is 231 cm³/mol. The molecule has 0 bridgehead atoms. The Balaban J connectivity index is 0.0000000975. The summed E-state index contributed by atoms with van der Waals surface area (Å²) >= 11 is 7.52. The van der Waals surface area contributed by atoms with Gasteiger partial charge in [-0.2, -0.15) is 0 Å². The van der Waals surface area contributed by atoms with Crippen LogP contribution in [0.25, 0.3) is 0 Å². The maximum Gasteiger partial charge on any atom is 0.0988 e. The lowest BCUT2D eigenvalue weighted by Gasteiger charge is -2.28. The molecule has 4 aromatic heterocycles. The summed E-state index contributed by atoms with van der Waals surface area (Å²) in [7, 11) is 0. The normalized spacial score (nSPS) is 31.7. The molecule has 0 saturated carbocycles. The van der Waals surface area contributed by atoms with Gasteiger partial charge in [0.1, 0.15) is 0 Å². The lowest BCUT2D eigenvalue weighted by atomic mass is 9.99. The Kier molecular flexibility index (Phi) is 14.0. The van der Waals surface area contributed by atoms with E-state index in [0.717, 1.165) is 78.3 Å². The fraction of sp³-hybridized carbons (Fsp3) is 0.636. The van der Waals surface area contributed by atoms with E-state index in [9.17, 15) is 0 Å². The smallest absolute Gasteiger partial charge is 0.0988 e. The maximum absolute atomic E-state index is 5.89. The number of thiophene rings is 4. The third-order valence-electron chi connectivity index (χ3n) is 12.7. The molecule has 4 saturated heterocycles. The minimum absolute atomic E-state index is 0.326. The first kappa shape index (κ1) is 39.9. The molecule has 0 unspecified atom stereocenters. The van der Waals surface area contributed by atoms with Crippen molar-refractivity contribution < 1.29 is 18.9 Å². The zero-order valence-corrected chi connectivity index (χ0v) is 35.9. The van der Waals surface area contributed by atoms with E-state index in [4.69, 9.17) is 18.9 Å². The van der Waals surface area contributed by atoms with E-state index in [-0.39, 0.29) is 0 Å². The van der Waals surface area contributed by atoms with Gasteiger partial charge in [0.05, 0.1) is 50.8 Å². The molecule has 0 aromatic carbocycles. The number of fused-ring (bicyclic) bond motifs is 4. The number of rotatable bonds is 4. The Morgan fingerprint density at radius 1 is 0.375 bits per heavy atom. The summed E-state index contributed by atoms with van der Waals surface area (Å²) in [4.78, 5) is 6.15. The molecular formula is C44H60N4O4S4. The van der Waals surface area contributed by atoms with Gasteiger partial charge in [0.2, 0.25) is 0 Å². The summed E-state index contributed by atoms with van der Waals surface area (Å²) in [5.41, 5.74) is 5.78. The first-order valence-corrected chi connectivity index (χ1v) is 25.0. The van der Waals surface area contributed by atoms with Crippen LogP contribution in [0.1, 0.15) is 118 Å². The van der Waals surface area contributed by atoms with Gasteiger partial charge >= 0.3 is 0 Å². The minimum atomic E-state index is 0.326. The van der Waals surface area contributed by atoms with Crippen molar-refractivity contribution in [1.29, 1.82) is 0 Å². The van der Waals surface area contributed by atoms with E-state index in [1.54, 1.807) is 0 Å². The van der Waals surface area contributed by atoms with E-state index in [2.05, 4.69) is 67.1 Å². The van der Waals surface area contributed by atoms with Crippen molar-refractivity contribution in [1.82, 2.24) is 21.3 Å². The number of hydrogen-bond acceptors (Lipinski definition) is 12. The van der Waals surface area contributed by atoms with E-state index in [1.807, 2.05) is 45.3 Å². The van der Waals surface area contributed by atoms with Gasteiger partial charge in [-0.3, -0.25) is 0 Å². The van der Waals surface area contributed by atoms with Crippen molar-refractivity contribution >= 4 is 45.3 Å². The Hall–Kier alpha value is -1.52. The molecule has 0 radical (unpaired) electrons. The van der Waals surface area contributed by atoms with Gasteiger partial charge in [-0.1, -0.05) is 0 Å². The summed E-state index contributed by atoms with van der Waals surface area (Å²) in [6.45, 7) is 8.22. The second kappa shape index (κ2) is 19.7. The average molecular weight is 837 g/mol. The van der Waals surface area contributed by atoms with Crippen LogP contribution < -0.4 is 21.3 Å². The van der Waals surface area contributed by atoms with Crippen LogP contribution in [0, 0.1) is 0 Å². The Morgan fingerprint density at radius 3 is 0.839 bits per heavy atom. The van der Waals surface area contributed by atoms with Crippen molar-refractivity contribution in [3.05, 3.63) is 87.5 Å². The largest absolute Gasteiger partial charge is 0.371 e. The molecule has 4 N–H and O–H groups in total. The molecule has 56 heavy (non-hydrogen) atoms. The van der Waals surface area contributed by atoms with Crippen LogP contribution in [0.4, 0.5) is 0 Å². The summed E-state index contributed by atoms with van der Waals surface area (Å²) in [6, 6.07) is 11.2. The number of hydrogen-bond donors (Lipinski definition) is 4.